The molecule has 2 aliphatic heterocycles. The van der Waals surface area contributed by atoms with Crippen molar-refractivity contribution in [2.24, 2.45) is 11.3 Å². The van der Waals surface area contributed by atoms with Crippen LogP contribution in [0.2, 0.25) is 0 Å². The Hall–Kier alpha value is -2.30. The zero-order chi connectivity index (χ0) is 19.1. The van der Waals surface area contributed by atoms with Crippen molar-refractivity contribution in [2.75, 3.05) is 26.2 Å². The maximum absolute atomic E-state index is 13.2. The summed E-state index contributed by atoms with van der Waals surface area (Å²) in [5.74, 6) is 1.24. The van der Waals surface area contributed by atoms with Gasteiger partial charge in [0.05, 0.1) is 5.41 Å². The molecule has 28 heavy (non-hydrogen) atoms. The molecule has 2 aromatic rings. The van der Waals surface area contributed by atoms with Crippen LogP contribution in [0.15, 0.2) is 30.5 Å². The van der Waals surface area contributed by atoms with Crippen LogP contribution in [-0.4, -0.2) is 52.8 Å². The summed E-state index contributed by atoms with van der Waals surface area (Å²) in [5.41, 5.74) is 2.01. The lowest BCUT2D eigenvalue weighted by atomic mass is 9.78. The van der Waals surface area contributed by atoms with E-state index in [9.17, 15) is 9.59 Å². The molecule has 0 unspecified atom stereocenters. The van der Waals surface area contributed by atoms with Gasteiger partial charge in [0.25, 0.3) is 0 Å². The van der Waals surface area contributed by atoms with Crippen LogP contribution in [0.4, 0.5) is 0 Å². The zero-order valence-electron chi connectivity index (χ0n) is 16.5. The van der Waals surface area contributed by atoms with Crippen LogP contribution in [0.3, 0.4) is 0 Å². The summed E-state index contributed by atoms with van der Waals surface area (Å²) in [4.78, 5) is 33.4. The summed E-state index contributed by atoms with van der Waals surface area (Å²) in [6, 6.07) is 8.22. The van der Waals surface area contributed by atoms with Crippen molar-refractivity contribution in [3.63, 3.8) is 0 Å². The van der Waals surface area contributed by atoms with E-state index in [0.29, 0.717) is 18.9 Å². The number of piperidine rings is 1. The number of nitrogens with zero attached hydrogens (tertiary/aromatic N) is 2. The molecule has 1 aliphatic carbocycles. The first-order chi connectivity index (χ1) is 13.6. The smallest absolute Gasteiger partial charge is 0.230 e. The molecule has 1 spiro atoms. The predicted molar refractivity (Wildman–Crippen MR) is 109 cm³/mol. The van der Waals surface area contributed by atoms with Crippen LogP contribution in [0.1, 0.15) is 44.1 Å². The molecule has 5 nitrogen and oxygen atoms in total. The van der Waals surface area contributed by atoms with Gasteiger partial charge in [0.15, 0.2) is 0 Å². The first-order valence-electron chi connectivity index (χ1n) is 10.8. The van der Waals surface area contributed by atoms with Gasteiger partial charge in [0.2, 0.25) is 11.8 Å². The van der Waals surface area contributed by atoms with Gasteiger partial charge in [-0.2, -0.15) is 0 Å². The second-order valence-corrected chi connectivity index (χ2v) is 9.00. The SMILES string of the molecule is O=C(CCc1c[nH]c2ccccc12)N1CC[C@]2(CCCN(CC3CC3)C2=O)C1. The zero-order valence-corrected chi connectivity index (χ0v) is 16.5. The van der Waals surface area contributed by atoms with E-state index in [1.165, 1.54) is 23.8 Å². The molecule has 1 aromatic carbocycles. The van der Waals surface area contributed by atoms with Gasteiger partial charge >= 0.3 is 0 Å². The summed E-state index contributed by atoms with van der Waals surface area (Å²) < 4.78 is 0. The number of likely N-dealkylation sites (tertiary alicyclic amines) is 2. The Kier molecular flexibility index (Phi) is 4.41. The van der Waals surface area contributed by atoms with Gasteiger partial charge in [0.1, 0.15) is 0 Å². The van der Waals surface area contributed by atoms with Crippen LogP contribution in [0, 0.1) is 11.3 Å². The summed E-state index contributed by atoms with van der Waals surface area (Å²) in [5, 5.41) is 1.20. The third-order valence-electron chi connectivity index (χ3n) is 6.99. The van der Waals surface area contributed by atoms with Crippen molar-refractivity contribution in [1.29, 1.82) is 0 Å². The molecule has 2 saturated heterocycles. The summed E-state index contributed by atoms with van der Waals surface area (Å²) in [7, 11) is 0. The number of fused-ring (bicyclic) bond motifs is 1. The minimum Gasteiger partial charge on any atom is -0.361 e. The van der Waals surface area contributed by atoms with Crippen LogP contribution >= 0.6 is 0 Å². The molecular formula is C23H29N3O2. The van der Waals surface area contributed by atoms with Crippen molar-refractivity contribution in [3.8, 4) is 0 Å². The molecule has 5 rings (SSSR count). The number of amides is 2. The Morgan fingerprint density at radius 1 is 1.18 bits per heavy atom. The van der Waals surface area contributed by atoms with Crippen molar-refractivity contribution in [2.45, 2.75) is 44.9 Å². The number of rotatable bonds is 5. The average Bonchev–Trinajstić information content (AvgIpc) is 3.27. The number of carbonyl (C=O) groups is 2. The molecule has 0 radical (unpaired) electrons. The number of aryl methyl sites for hydroxylation is 1. The fourth-order valence-electron chi connectivity index (χ4n) is 5.14. The van der Waals surface area contributed by atoms with E-state index in [-0.39, 0.29) is 11.3 Å². The monoisotopic (exact) mass is 379 g/mol. The number of aromatic amines is 1. The molecule has 148 valence electrons. The van der Waals surface area contributed by atoms with E-state index in [1.54, 1.807) is 0 Å². The van der Waals surface area contributed by atoms with Crippen LogP contribution in [-0.2, 0) is 16.0 Å². The van der Waals surface area contributed by atoms with Gasteiger partial charge < -0.3 is 14.8 Å². The second kappa shape index (κ2) is 6.94. The standard InChI is InChI=1S/C23H29N3O2/c27-21(9-8-18-14-24-20-5-2-1-4-19(18)20)26-13-11-23(16-26)10-3-12-25(22(23)28)15-17-6-7-17/h1-2,4-5,14,17,24H,3,6-13,15-16H2/t23-/m1/s1. The molecule has 1 aromatic heterocycles. The second-order valence-electron chi connectivity index (χ2n) is 9.00. The molecule has 1 saturated carbocycles. The minimum absolute atomic E-state index is 0.189. The fraction of sp³-hybridized carbons (Fsp3) is 0.565. The molecule has 0 bridgehead atoms. The van der Waals surface area contributed by atoms with E-state index >= 15 is 0 Å². The highest BCUT2D eigenvalue weighted by atomic mass is 16.2. The lowest BCUT2D eigenvalue weighted by molar-refractivity contribution is -0.146. The average molecular weight is 380 g/mol. The summed E-state index contributed by atoms with van der Waals surface area (Å²) in [6.45, 7) is 3.20. The molecule has 2 amide bonds. The van der Waals surface area contributed by atoms with Gasteiger partial charge in [-0.25, -0.2) is 0 Å². The Bertz CT molecular complexity index is 900. The van der Waals surface area contributed by atoms with Gasteiger partial charge in [-0.3, -0.25) is 9.59 Å². The van der Waals surface area contributed by atoms with E-state index in [2.05, 4.69) is 22.0 Å². The van der Waals surface area contributed by atoms with Crippen molar-refractivity contribution in [1.82, 2.24) is 14.8 Å². The number of nitrogens with one attached hydrogen (secondary N) is 1. The highest BCUT2D eigenvalue weighted by molar-refractivity contribution is 5.87. The van der Waals surface area contributed by atoms with Crippen molar-refractivity contribution >= 4 is 22.7 Å². The fourth-order valence-corrected chi connectivity index (χ4v) is 5.14. The molecule has 1 N–H and O–H groups in total. The molecule has 5 heteroatoms. The lowest BCUT2D eigenvalue weighted by Gasteiger charge is -2.39. The van der Waals surface area contributed by atoms with Crippen LogP contribution in [0.5, 0.6) is 0 Å². The highest BCUT2D eigenvalue weighted by Gasteiger charge is 2.49. The first-order valence-corrected chi connectivity index (χ1v) is 10.8. The maximum atomic E-state index is 13.2. The normalized spacial score (nSPS) is 25.2. The number of para-hydroxylation sites is 1. The van der Waals surface area contributed by atoms with Crippen LogP contribution in [0.25, 0.3) is 10.9 Å². The Morgan fingerprint density at radius 2 is 2.04 bits per heavy atom. The van der Waals surface area contributed by atoms with Gasteiger partial charge in [0, 0.05) is 49.7 Å². The molecule has 3 fully saturated rings. The Balaban J connectivity index is 1.21. The maximum Gasteiger partial charge on any atom is 0.230 e. The molecule has 3 aliphatic rings. The van der Waals surface area contributed by atoms with E-state index in [0.717, 1.165) is 56.8 Å². The van der Waals surface area contributed by atoms with Crippen molar-refractivity contribution in [3.05, 3.63) is 36.0 Å². The first kappa shape index (κ1) is 17.8. The number of hydrogen-bond donors (Lipinski definition) is 1. The van der Waals surface area contributed by atoms with Gasteiger partial charge in [-0.15, -0.1) is 0 Å². The third-order valence-corrected chi connectivity index (χ3v) is 6.99. The number of H-pyrrole nitrogens is 1. The Labute approximate surface area is 166 Å². The van der Waals surface area contributed by atoms with E-state index in [4.69, 9.17) is 0 Å². The molecular weight excluding hydrogens is 350 g/mol. The topological polar surface area (TPSA) is 56.4 Å². The van der Waals surface area contributed by atoms with E-state index in [1.807, 2.05) is 23.2 Å². The van der Waals surface area contributed by atoms with Gasteiger partial charge in [-0.05, 0) is 56.1 Å². The third kappa shape index (κ3) is 3.21. The Morgan fingerprint density at radius 3 is 2.89 bits per heavy atom. The number of aromatic nitrogens is 1. The summed E-state index contributed by atoms with van der Waals surface area (Å²) in [6.07, 6.45) is 8.68. The number of benzene rings is 1. The highest BCUT2D eigenvalue weighted by Crippen LogP contribution is 2.42. The van der Waals surface area contributed by atoms with Crippen LogP contribution < -0.4 is 0 Å². The van der Waals surface area contributed by atoms with Crippen molar-refractivity contribution < 1.29 is 9.59 Å². The predicted octanol–water partition coefficient (Wildman–Crippen LogP) is 3.35. The lowest BCUT2D eigenvalue weighted by Crippen LogP contribution is -2.50. The molecule has 3 heterocycles. The number of carbonyl (C=O) groups excluding carboxylic acids is 2. The van der Waals surface area contributed by atoms with E-state index < -0.39 is 0 Å². The summed E-state index contributed by atoms with van der Waals surface area (Å²) >= 11 is 0. The number of hydrogen-bond acceptors (Lipinski definition) is 2. The molecule has 1 atom stereocenters. The largest absolute Gasteiger partial charge is 0.361 e. The van der Waals surface area contributed by atoms with Gasteiger partial charge in [-0.1, -0.05) is 18.2 Å². The minimum atomic E-state index is -0.302. The quantitative estimate of drug-likeness (QED) is 0.866.